The molecule has 0 aliphatic carbocycles. The standard InChI is InChI=1S/C17H17N5O5S/c18-10-6-9(7-26-15(24)8-4-2-1-3-5-8)27-14(10)22-12-11(28-17(22)25)13(23)21-16(19)20-12/h1-5,9-10,14H,6-7,18H2,(H3,19,20,21,23)/t9-,10+,14+/m0/s1. The number of esters is 1. The van der Waals surface area contributed by atoms with Crippen molar-refractivity contribution in [3.05, 3.63) is 55.9 Å². The highest BCUT2D eigenvalue weighted by Gasteiger charge is 2.37. The first-order valence-corrected chi connectivity index (χ1v) is 9.29. The molecule has 0 amide bonds. The maximum Gasteiger partial charge on any atom is 0.338 e. The third kappa shape index (κ3) is 3.30. The molecule has 5 N–H and O–H groups in total. The van der Waals surface area contributed by atoms with E-state index in [2.05, 4.69) is 9.97 Å². The van der Waals surface area contributed by atoms with Crippen LogP contribution in [0.3, 0.4) is 0 Å². The number of nitrogens with two attached hydrogens (primary N) is 2. The van der Waals surface area contributed by atoms with Crippen LogP contribution in [0.25, 0.3) is 10.3 Å². The van der Waals surface area contributed by atoms with E-state index < -0.39 is 34.8 Å². The third-order valence-electron chi connectivity index (χ3n) is 4.39. The quantitative estimate of drug-likeness (QED) is 0.522. The molecule has 1 aliphatic rings. The molecule has 2 aromatic heterocycles. The minimum atomic E-state index is -0.838. The summed E-state index contributed by atoms with van der Waals surface area (Å²) >= 11 is 0.744. The van der Waals surface area contributed by atoms with Crippen molar-refractivity contribution in [3.8, 4) is 0 Å². The summed E-state index contributed by atoms with van der Waals surface area (Å²) in [5.41, 5.74) is 11.8. The van der Waals surface area contributed by atoms with E-state index in [1.54, 1.807) is 30.3 Å². The maximum atomic E-state index is 12.4. The van der Waals surface area contributed by atoms with E-state index in [9.17, 15) is 14.4 Å². The van der Waals surface area contributed by atoms with Gasteiger partial charge < -0.3 is 20.9 Å². The van der Waals surface area contributed by atoms with Gasteiger partial charge in [-0.2, -0.15) is 4.98 Å². The van der Waals surface area contributed by atoms with Gasteiger partial charge in [0, 0.05) is 0 Å². The molecule has 11 heteroatoms. The summed E-state index contributed by atoms with van der Waals surface area (Å²) in [5.74, 6) is -0.579. The Kier molecular flexibility index (Phi) is 4.71. The van der Waals surface area contributed by atoms with Crippen LogP contribution in [0.2, 0.25) is 0 Å². The second-order valence-electron chi connectivity index (χ2n) is 6.35. The van der Waals surface area contributed by atoms with Crippen LogP contribution < -0.4 is 21.9 Å². The Balaban J connectivity index is 1.53. The van der Waals surface area contributed by atoms with Crippen molar-refractivity contribution in [2.75, 3.05) is 12.3 Å². The predicted molar refractivity (Wildman–Crippen MR) is 102 cm³/mol. The number of thiazole rings is 1. The van der Waals surface area contributed by atoms with Gasteiger partial charge in [-0.3, -0.25) is 19.1 Å². The molecule has 0 radical (unpaired) electrons. The predicted octanol–water partition coefficient (Wildman–Crippen LogP) is 0.200. The number of H-pyrrole nitrogens is 1. The highest BCUT2D eigenvalue weighted by atomic mass is 32.1. The molecule has 0 saturated carbocycles. The lowest BCUT2D eigenvalue weighted by Crippen LogP contribution is -2.32. The first-order valence-electron chi connectivity index (χ1n) is 8.48. The van der Waals surface area contributed by atoms with Gasteiger partial charge >= 0.3 is 10.8 Å². The van der Waals surface area contributed by atoms with E-state index in [4.69, 9.17) is 20.9 Å². The van der Waals surface area contributed by atoms with Crippen LogP contribution in [0.15, 0.2) is 39.9 Å². The van der Waals surface area contributed by atoms with Crippen molar-refractivity contribution in [1.29, 1.82) is 0 Å². The summed E-state index contributed by atoms with van der Waals surface area (Å²) in [4.78, 5) is 42.5. The fourth-order valence-corrected chi connectivity index (χ4v) is 3.97. The van der Waals surface area contributed by atoms with Gasteiger partial charge in [0.1, 0.15) is 11.3 Å². The molecule has 146 valence electrons. The Morgan fingerprint density at radius 1 is 1.36 bits per heavy atom. The van der Waals surface area contributed by atoms with Gasteiger partial charge in [-0.05, 0) is 18.6 Å². The van der Waals surface area contributed by atoms with Crippen LogP contribution >= 0.6 is 11.3 Å². The Morgan fingerprint density at radius 3 is 2.86 bits per heavy atom. The van der Waals surface area contributed by atoms with E-state index >= 15 is 0 Å². The first kappa shape index (κ1) is 18.3. The van der Waals surface area contributed by atoms with E-state index in [0.717, 1.165) is 11.3 Å². The van der Waals surface area contributed by atoms with Crippen molar-refractivity contribution < 1.29 is 14.3 Å². The Labute approximate surface area is 161 Å². The number of nitrogens with zero attached hydrogens (tertiary/aromatic N) is 2. The number of ether oxygens (including phenoxy) is 2. The van der Waals surface area contributed by atoms with Crippen molar-refractivity contribution >= 4 is 33.6 Å². The summed E-state index contributed by atoms with van der Waals surface area (Å²) < 4.78 is 12.5. The number of fused-ring (bicyclic) bond motifs is 1. The summed E-state index contributed by atoms with van der Waals surface area (Å²) in [6.07, 6.45) is -0.959. The fourth-order valence-electron chi connectivity index (χ4n) is 3.13. The fraction of sp³-hybridized carbons (Fsp3) is 0.294. The molecule has 1 fully saturated rings. The molecule has 4 rings (SSSR count). The molecule has 0 unspecified atom stereocenters. The molecular weight excluding hydrogens is 386 g/mol. The van der Waals surface area contributed by atoms with Crippen LogP contribution in [-0.2, 0) is 9.47 Å². The van der Waals surface area contributed by atoms with Gasteiger partial charge in [0.15, 0.2) is 11.9 Å². The van der Waals surface area contributed by atoms with Crippen LogP contribution in [0.1, 0.15) is 23.0 Å². The number of nitrogens with one attached hydrogen (secondary N) is 1. The second-order valence-corrected chi connectivity index (χ2v) is 7.32. The molecule has 28 heavy (non-hydrogen) atoms. The smallest absolute Gasteiger partial charge is 0.338 e. The average Bonchev–Trinajstić information content (AvgIpc) is 3.19. The molecule has 1 saturated heterocycles. The van der Waals surface area contributed by atoms with Gasteiger partial charge in [0.25, 0.3) is 5.56 Å². The lowest BCUT2D eigenvalue weighted by atomic mass is 10.1. The zero-order valence-electron chi connectivity index (χ0n) is 14.5. The SMILES string of the molecule is Nc1nc2c(sc(=O)n2[C@@H]2O[C@H](COC(=O)c3ccccc3)C[C@H]2N)c(=O)[nH]1. The van der Waals surface area contributed by atoms with Gasteiger partial charge in [0.05, 0.1) is 17.7 Å². The number of aromatic amines is 1. The molecule has 10 nitrogen and oxygen atoms in total. The van der Waals surface area contributed by atoms with Crippen molar-refractivity contribution in [1.82, 2.24) is 14.5 Å². The monoisotopic (exact) mass is 403 g/mol. The molecule has 0 bridgehead atoms. The summed E-state index contributed by atoms with van der Waals surface area (Å²) in [5, 5.41) is 0. The number of nitrogen functional groups attached to an aromatic ring is 1. The van der Waals surface area contributed by atoms with Gasteiger partial charge in [0.2, 0.25) is 5.95 Å². The zero-order chi connectivity index (χ0) is 19.8. The maximum absolute atomic E-state index is 12.4. The van der Waals surface area contributed by atoms with E-state index in [1.807, 2.05) is 0 Å². The van der Waals surface area contributed by atoms with Crippen LogP contribution in [0.4, 0.5) is 5.95 Å². The largest absolute Gasteiger partial charge is 0.459 e. The lowest BCUT2D eigenvalue weighted by Gasteiger charge is -2.17. The number of hydrogen-bond donors (Lipinski definition) is 3. The number of anilines is 1. The van der Waals surface area contributed by atoms with Crippen LogP contribution in [0, 0.1) is 0 Å². The molecule has 3 atom stereocenters. The summed E-state index contributed by atoms with van der Waals surface area (Å²) in [7, 11) is 0. The number of rotatable bonds is 4. The zero-order valence-corrected chi connectivity index (χ0v) is 15.3. The Morgan fingerprint density at radius 2 is 2.11 bits per heavy atom. The van der Waals surface area contributed by atoms with Crippen LogP contribution in [0.5, 0.6) is 0 Å². The molecule has 1 aliphatic heterocycles. The minimum Gasteiger partial charge on any atom is -0.459 e. The number of carbonyl (C=O) groups excluding carboxylic acids is 1. The minimum absolute atomic E-state index is 0.00903. The summed E-state index contributed by atoms with van der Waals surface area (Å²) in [6.45, 7) is -0.00903. The molecule has 3 aromatic rings. The van der Waals surface area contributed by atoms with Crippen LogP contribution in [-0.4, -0.2) is 39.3 Å². The van der Waals surface area contributed by atoms with Crippen molar-refractivity contribution in [2.24, 2.45) is 5.73 Å². The second kappa shape index (κ2) is 7.19. The van der Waals surface area contributed by atoms with E-state index in [1.165, 1.54) is 4.57 Å². The van der Waals surface area contributed by atoms with E-state index in [-0.39, 0.29) is 22.9 Å². The van der Waals surface area contributed by atoms with Gasteiger partial charge in [-0.15, -0.1) is 0 Å². The average molecular weight is 403 g/mol. The number of benzene rings is 1. The molecule has 0 spiro atoms. The van der Waals surface area contributed by atoms with E-state index in [0.29, 0.717) is 12.0 Å². The Bertz CT molecular complexity index is 1140. The summed E-state index contributed by atoms with van der Waals surface area (Å²) in [6, 6.07) is 8.04. The number of carbonyl (C=O) groups is 1. The number of aromatic nitrogens is 3. The van der Waals surface area contributed by atoms with Crippen molar-refractivity contribution in [2.45, 2.75) is 24.8 Å². The highest BCUT2D eigenvalue weighted by molar-refractivity contribution is 7.16. The topological polar surface area (TPSA) is 155 Å². The highest BCUT2D eigenvalue weighted by Crippen LogP contribution is 2.29. The normalized spacial score (nSPS) is 21.8. The third-order valence-corrected chi connectivity index (χ3v) is 5.33. The van der Waals surface area contributed by atoms with Gasteiger partial charge in [-0.1, -0.05) is 29.5 Å². The Hall–Kier alpha value is -3.02. The first-order chi connectivity index (χ1) is 13.4. The van der Waals surface area contributed by atoms with Gasteiger partial charge in [-0.25, -0.2) is 4.79 Å². The number of hydrogen-bond acceptors (Lipinski definition) is 9. The lowest BCUT2D eigenvalue weighted by molar-refractivity contribution is -0.0339. The molecule has 3 heterocycles. The molecule has 1 aromatic carbocycles. The van der Waals surface area contributed by atoms with Crippen molar-refractivity contribution in [3.63, 3.8) is 0 Å². The molecular formula is C17H17N5O5S.